The van der Waals surface area contributed by atoms with Gasteiger partial charge in [0.25, 0.3) is 0 Å². The third kappa shape index (κ3) is 5.24. The number of nitrogens with zero attached hydrogens (tertiary/aromatic N) is 2. The number of amides is 2. The molecular weight excluding hydrogens is 434 g/mol. The van der Waals surface area contributed by atoms with Crippen molar-refractivity contribution >= 4 is 11.7 Å². The predicted octanol–water partition coefficient (Wildman–Crippen LogP) is 4.54. The van der Waals surface area contributed by atoms with E-state index in [2.05, 4.69) is 46.3 Å². The second-order valence-corrected chi connectivity index (χ2v) is 9.27. The molecule has 3 aromatic carbocycles. The van der Waals surface area contributed by atoms with Crippen LogP contribution in [0.3, 0.4) is 0 Å². The Kier molecular flexibility index (Phi) is 7.13. The molecule has 0 aliphatic carbocycles. The van der Waals surface area contributed by atoms with Gasteiger partial charge in [-0.05, 0) is 61.3 Å². The van der Waals surface area contributed by atoms with Crippen LogP contribution in [0.15, 0.2) is 84.9 Å². The number of carbonyl (C=O) groups is 1. The first-order valence-corrected chi connectivity index (χ1v) is 12.4. The predicted molar refractivity (Wildman–Crippen MR) is 139 cm³/mol. The number of anilines is 1. The normalized spacial score (nSPS) is 22.0. The molecule has 5 rings (SSSR count). The average Bonchev–Trinajstić information content (AvgIpc) is 2.88. The van der Waals surface area contributed by atoms with Gasteiger partial charge in [-0.1, -0.05) is 60.4 Å². The lowest BCUT2D eigenvalue weighted by Gasteiger charge is -2.57. The number of hydrogen-bond donors (Lipinski definition) is 2. The molecule has 0 unspecified atom stereocenters. The molecule has 2 aliphatic rings. The van der Waals surface area contributed by atoms with E-state index in [1.807, 2.05) is 65.6 Å². The molecule has 2 aliphatic heterocycles. The van der Waals surface area contributed by atoms with Gasteiger partial charge >= 0.3 is 6.03 Å². The number of para-hydroxylation sites is 1. The zero-order valence-electron chi connectivity index (χ0n) is 19.8. The Morgan fingerprint density at radius 1 is 0.857 bits per heavy atom. The molecule has 3 aromatic rings. The molecule has 0 radical (unpaired) electrons. The number of rotatable bonds is 3. The lowest BCUT2D eigenvalue weighted by molar-refractivity contribution is -0.0585. The Hall–Kier alpha value is -3.59. The number of benzene rings is 3. The first-order valence-electron chi connectivity index (χ1n) is 12.4. The fraction of sp³-hybridized carbons (Fsp3) is 0.300. The Labute approximate surface area is 207 Å². The summed E-state index contributed by atoms with van der Waals surface area (Å²) in [5, 5.41) is 13.2. The number of hydrogen-bond acceptors (Lipinski definition) is 3. The van der Waals surface area contributed by atoms with Gasteiger partial charge in [-0.2, -0.15) is 0 Å². The minimum absolute atomic E-state index is 0.0595. The van der Waals surface area contributed by atoms with Crippen LogP contribution in [-0.2, 0) is 0 Å². The number of fused-ring (bicyclic) bond motifs is 1. The zero-order chi connectivity index (χ0) is 24.0. The molecule has 2 heterocycles. The summed E-state index contributed by atoms with van der Waals surface area (Å²) in [6.07, 6.45) is 1.98. The van der Waals surface area contributed by atoms with Crippen molar-refractivity contribution in [2.75, 3.05) is 31.6 Å². The SMILES string of the molecule is O=C(Nc1ccccc1)N1CCCCN2[C@H](C1)[C@H](c1ccc(C#Cc3ccccc3)cc1)[C@@H]2CO. The van der Waals surface area contributed by atoms with Gasteiger partial charge in [-0.25, -0.2) is 4.79 Å². The quantitative estimate of drug-likeness (QED) is 0.559. The highest BCUT2D eigenvalue weighted by Gasteiger charge is 2.49. The second kappa shape index (κ2) is 10.8. The molecule has 2 saturated heterocycles. The van der Waals surface area contributed by atoms with Crippen molar-refractivity contribution in [1.29, 1.82) is 0 Å². The van der Waals surface area contributed by atoms with Crippen molar-refractivity contribution in [1.82, 2.24) is 9.80 Å². The van der Waals surface area contributed by atoms with Gasteiger partial charge in [-0.3, -0.25) is 4.90 Å². The Morgan fingerprint density at radius 2 is 1.49 bits per heavy atom. The van der Waals surface area contributed by atoms with Crippen LogP contribution in [0.4, 0.5) is 10.5 Å². The van der Waals surface area contributed by atoms with Gasteiger partial charge in [0.1, 0.15) is 0 Å². The Bertz CT molecular complexity index is 1190. The van der Waals surface area contributed by atoms with Crippen LogP contribution in [-0.4, -0.2) is 59.3 Å². The molecular formula is C30H31N3O2. The minimum Gasteiger partial charge on any atom is -0.395 e. The molecule has 178 valence electrons. The van der Waals surface area contributed by atoms with Crippen molar-refractivity contribution in [3.63, 3.8) is 0 Å². The molecule has 2 fully saturated rings. The standard InChI is InChI=1S/C30H31N3O2/c34-22-28-29(25-17-15-24(16-18-25)14-13-23-9-3-1-4-10-23)27-21-32(19-7-8-20-33(27)28)30(35)31-26-11-5-2-6-12-26/h1-6,9-12,15-18,27-29,34H,7-8,19-22H2,(H,31,35)/t27-,28+,29+/m1/s1. The van der Waals surface area contributed by atoms with Crippen molar-refractivity contribution in [2.24, 2.45) is 0 Å². The number of aliphatic hydroxyl groups excluding tert-OH is 1. The van der Waals surface area contributed by atoms with Crippen LogP contribution in [0.1, 0.15) is 35.4 Å². The van der Waals surface area contributed by atoms with E-state index in [1.165, 1.54) is 5.56 Å². The summed E-state index contributed by atoms with van der Waals surface area (Å²) in [4.78, 5) is 17.4. The van der Waals surface area contributed by atoms with E-state index in [0.717, 1.165) is 42.7 Å². The van der Waals surface area contributed by atoms with Crippen LogP contribution in [0.5, 0.6) is 0 Å². The molecule has 0 saturated carbocycles. The van der Waals surface area contributed by atoms with Crippen molar-refractivity contribution in [3.05, 3.63) is 102 Å². The summed E-state index contributed by atoms with van der Waals surface area (Å²) < 4.78 is 0. The van der Waals surface area contributed by atoms with Crippen LogP contribution in [0, 0.1) is 11.8 Å². The number of aliphatic hydroxyl groups is 1. The van der Waals surface area contributed by atoms with Crippen molar-refractivity contribution < 1.29 is 9.90 Å². The van der Waals surface area contributed by atoms with Crippen LogP contribution in [0.2, 0.25) is 0 Å². The summed E-state index contributed by atoms with van der Waals surface area (Å²) in [5.41, 5.74) is 3.97. The third-order valence-corrected chi connectivity index (χ3v) is 7.10. The summed E-state index contributed by atoms with van der Waals surface area (Å²) in [7, 11) is 0. The first-order chi connectivity index (χ1) is 17.2. The molecule has 5 heteroatoms. The van der Waals surface area contributed by atoms with E-state index in [9.17, 15) is 9.90 Å². The van der Waals surface area contributed by atoms with Gasteiger partial charge in [0.2, 0.25) is 0 Å². The average molecular weight is 466 g/mol. The maximum Gasteiger partial charge on any atom is 0.321 e. The highest BCUT2D eigenvalue weighted by molar-refractivity contribution is 5.89. The van der Waals surface area contributed by atoms with Crippen molar-refractivity contribution in [2.45, 2.75) is 30.8 Å². The maximum atomic E-state index is 13.1. The number of urea groups is 1. The second-order valence-electron chi connectivity index (χ2n) is 9.27. The topological polar surface area (TPSA) is 55.8 Å². The smallest absolute Gasteiger partial charge is 0.321 e. The summed E-state index contributed by atoms with van der Waals surface area (Å²) >= 11 is 0. The molecule has 35 heavy (non-hydrogen) atoms. The first kappa shape index (κ1) is 23.2. The van der Waals surface area contributed by atoms with Gasteiger partial charge in [0, 0.05) is 47.9 Å². The highest BCUT2D eigenvalue weighted by atomic mass is 16.3. The molecule has 3 atom stereocenters. The fourth-order valence-corrected chi connectivity index (χ4v) is 5.30. The van der Waals surface area contributed by atoms with Crippen LogP contribution >= 0.6 is 0 Å². The summed E-state index contributed by atoms with van der Waals surface area (Å²) in [6, 6.07) is 28.2. The lowest BCUT2D eigenvalue weighted by Crippen LogP contribution is -2.68. The molecule has 0 spiro atoms. The monoisotopic (exact) mass is 465 g/mol. The largest absolute Gasteiger partial charge is 0.395 e. The molecule has 2 amide bonds. The summed E-state index contributed by atoms with van der Waals surface area (Å²) in [6.45, 7) is 2.47. The van der Waals surface area contributed by atoms with Gasteiger partial charge in [0.05, 0.1) is 6.61 Å². The molecule has 0 aromatic heterocycles. The van der Waals surface area contributed by atoms with E-state index in [0.29, 0.717) is 6.54 Å². The van der Waals surface area contributed by atoms with E-state index in [1.54, 1.807) is 0 Å². The van der Waals surface area contributed by atoms with E-state index >= 15 is 0 Å². The molecule has 5 nitrogen and oxygen atoms in total. The van der Waals surface area contributed by atoms with Crippen LogP contribution < -0.4 is 5.32 Å². The van der Waals surface area contributed by atoms with Crippen LogP contribution in [0.25, 0.3) is 0 Å². The zero-order valence-corrected chi connectivity index (χ0v) is 19.8. The molecule has 2 N–H and O–H groups in total. The van der Waals surface area contributed by atoms with E-state index in [4.69, 9.17) is 0 Å². The third-order valence-electron chi connectivity index (χ3n) is 7.10. The van der Waals surface area contributed by atoms with Crippen molar-refractivity contribution in [3.8, 4) is 11.8 Å². The van der Waals surface area contributed by atoms with Gasteiger partial charge < -0.3 is 15.3 Å². The number of nitrogens with one attached hydrogen (secondary N) is 1. The minimum atomic E-state index is -0.0595. The van der Waals surface area contributed by atoms with E-state index < -0.39 is 0 Å². The Morgan fingerprint density at radius 3 is 2.17 bits per heavy atom. The highest BCUT2D eigenvalue weighted by Crippen LogP contribution is 2.42. The molecule has 0 bridgehead atoms. The Balaban J connectivity index is 1.32. The fourth-order valence-electron chi connectivity index (χ4n) is 5.30. The lowest BCUT2D eigenvalue weighted by atomic mass is 9.74. The maximum absolute atomic E-state index is 13.1. The number of carbonyl (C=O) groups excluding carboxylic acids is 1. The van der Waals surface area contributed by atoms with Gasteiger partial charge in [0.15, 0.2) is 0 Å². The van der Waals surface area contributed by atoms with E-state index in [-0.39, 0.29) is 30.6 Å². The summed E-state index contributed by atoms with van der Waals surface area (Å²) in [5.74, 6) is 6.63. The van der Waals surface area contributed by atoms with Gasteiger partial charge in [-0.15, -0.1) is 0 Å².